The number of nitrogens with two attached hydrogens (primary N) is 1. The van der Waals surface area contributed by atoms with Crippen LogP contribution in [-0.2, 0) is 20.9 Å². The number of thiazole rings is 1. The SMILES string of the molecule is Cc1ncsc1CN1CCOC2(CCN(C(C)C(N)=O)CC2)CC1=O. The van der Waals surface area contributed by atoms with Gasteiger partial charge in [0.05, 0.1) is 42.4 Å². The molecule has 2 aliphatic heterocycles. The number of ether oxygens (including phenoxy) is 1. The van der Waals surface area contributed by atoms with Gasteiger partial charge in [-0.3, -0.25) is 14.5 Å². The Bertz CT molecular complexity index is 640. The molecule has 2 fully saturated rings. The Morgan fingerprint density at radius 1 is 1.44 bits per heavy atom. The molecule has 1 aromatic heterocycles. The second-order valence-corrected chi connectivity index (χ2v) is 7.94. The van der Waals surface area contributed by atoms with E-state index in [0.29, 0.717) is 26.1 Å². The largest absolute Gasteiger partial charge is 0.373 e. The number of hydrogen-bond acceptors (Lipinski definition) is 6. The van der Waals surface area contributed by atoms with E-state index in [-0.39, 0.29) is 17.9 Å². The van der Waals surface area contributed by atoms with E-state index < -0.39 is 5.60 Å². The quantitative estimate of drug-likeness (QED) is 0.856. The zero-order valence-electron chi connectivity index (χ0n) is 14.9. The third kappa shape index (κ3) is 4.02. The molecule has 8 heteroatoms. The summed E-state index contributed by atoms with van der Waals surface area (Å²) in [6, 6.07) is -0.273. The fraction of sp³-hybridized carbons (Fsp3) is 0.706. The number of likely N-dealkylation sites (tertiary alicyclic amines) is 1. The van der Waals surface area contributed by atoms with Crippen molar-refractivity contribution in [2.24, 2.45) is 5.73 Å². The highest BCUT2D eigenvalue weighted by atomic mass is 32.1. The van der Waals surface area contributed by atoms with E-state index in [9.17, 15) is 9.59 Å². The first kappa shape index (κ1) is 18.3. The maximum absolute atomic E-state index is 12.8. The zero-order valence-corrected chi connectivity index (χ0v) is 15.7. The number of rotatable bonds is 4. The number of amides is 2. The number of nitrogens with zero attached hydrogens (tertiary/aromatic N) is 3. The zero-order chi connectivity index (χ0) is 18.0. The fourth-order valence-electron chi connectivity index (χ4n) is 3.57. The van der Waals surface area contributed by atoms with E-state index in [1.165, 1.54) is 0 Å². The van der Waals surface area contributed by atoms with Crippen molar-refractivity contribution in [3.8, 4) is 0 Å². The van der Waals surface area contributed by atoms with Gasteiger partial charge in [0.25, 0.3) is 0 Å². The van der Waals surface area contributed by atoms with Crippen LogP contribution in [-0.4, -0.2) is 64.5 Å². The van der Waals surface area contributed by atoms with Gasteiger partial charge < -0.3 is 15.4 Å². The molecule has 0 aromatic carbocycles. The van der Waals surface area contributed by atoms with E-state index in [1.807, 2.05) is 24.3 Å². The molecule has 25 heavy (non-hydrogen) atoms. The van der Waals surface area contributed by atoms with Crippen LogP contribution in [0.1, 0.15) is 36.8 Å². The Hall–Kier alpha value is -1.51. The molecule has 0 saturated carbocycles. The monoisotopic (exact) mass is 366 g/mol. The number of hydrogen-bond donors (Lipinski definition) is 1. The number of aromatic nitrogens is 1. The fourth-order valence-corrected chi connectivity index (χ4v) is 4.37. The molecule has 0 aliphatic carbocycles. The number of carbonyl (C=O) groups is 2. The normalized spacial score (nSPS) is 22.8. The Labute approximate surface area is 152 Å². The third-order valence-corrected chi connectivity index (χ3v) is 6.36. The average Bonchev–Trinajstić information content (AvgIpc) is 2.91. The van der Waals surface area contributed by atoms with Crippen molar-refractivity contribution in [1.82, 2.24) is 14.8 Å². The van der Waals surface area contributed by atoms with Crippen molar-refractivity contribution in [2.45, 2.75) is 51.3 Å². The van der Waals surface area contributed by atoms with Crippen molar-refractivity contribution >= 4 is 23.2 Å². The van der Waals surface area contributed by atoms with Crippen LogP contribution in [0, 0.1) is 6.92 Å². The lowest BCUT2D eigenvalue weighted by Gasteiger charge is -2.41. The Morgan fingerprint density at radius 2 is 2.16 bits per heavy atom. The first-order valence-corrected chi connectivity index (χ1v) is 9.62. The number of primary amides is 1. The lowest BCUT2D eigenvalue weighted by Crippen LogP contribution is -2.52. The Balaban J connectivity index is 1.62. The van der Waals surface area contributed by atoms with Gasteiger partial charge in [0, 0.05) is 24.5 Å². The molecule has 2 aliphatic rings. The standard InChI is InChI=1S/C17H26N4O3S/c1-12-14(25-11-19-12)10-21-7-8-24-17(9-15(21)22)3-5-20(6-4-17)13(2)16(18)23/h11,13H,3-10H2,1-2H3,(H2,18,23). The van der Waals surface area contributed by atoms with Crippen LogP contribution in [0.5, 0.6) is 0 Å². The molecule has 2 N–H and O–H groups in total. The molecule has 3 rings (SSSR count). The van der Waals surface area contributed by atoms with Crippen LogP contribution in [0.3, 0.4) is 0 Å². The summed E-state index contributed by atoms with van der Waals surface area (Å²) in [6.45, 7) is 7.03. The Morgan fingerprint density at radius 3 is 2.76 bits per heavy atom. The van der Waals surface area contributed by atoms with Crippen LogP contribution < -0.4 is 5.73 Å². The Kier molecular flexibility index (Phi) is 5.41. The summed E-state index contributed by atoms with van der Waals surface area (Å²) >= 11 is 1.59. The van der Waals surface area contributed by atoms with Gasteiger partial charge in [-0.05, 0) is 26.7 Å². The smallest absolute Gasteiger partial charge is 0.234 e. The molecule has 1 unspecified atom stereocenters. The minimum Gasteiger partial charge on any atom is -0.373 e. The minimum absolute atomic E-state index is 0.140. The van der Waals surface area contributed by atoms with Gasteiger partial charge in [-0.1, -0.05) is 0 Å². The summed E-state index contributed by atoms with van der Waals surface area (Å²) in [5.41, 5.74) is 7.81. The van der Waals surface area contributed by atoms with Crippen LogP contribution in [0.15, 0.2) is 5.51 Å². The molecule has 0 radical (unpaired) electrons. The van der Waals surface area contributed by atoms with Gasteiger partial charge in [0.15, 0.2) is 0 Å². The lowest BCUT2D eigenvalue weighted by molar-refractivity contribution is -0.137. The summed E-state index contributed by atoms with van der Waals surface area (Å²) in [4.78, 5) is 33.5. The summed E-state index contributed by atoms with van der Waals surface area (Å²) in [5.74, 6) is -0.165. The summed E-state index contributed by atoms with van der Waals surface area (Å²) in [5, 5.41) is 0. The number of carbonyl (C=O) groups excluding carboxylic acids is 2. The molecule has 0 bridgehead atoms. The first-order valence-electron chi connectivity index (χ1n) is 8.74. The van der Waals surface area contributed by atoms with E-state index in [2.05, 4.69) is 9.88 Å². The maximum Gasteiger partial charge on any atom is 0.234 e. The molecule has 1 spiro atoms. The van der Waals surface area contributed by atoms with Gasteiger partial charge in [-0.25, -0.2) is 4.98 Å². The molecule has 2 saturated heterocycles. The van der Waals surface area contributed by atoms with Gasteiger partial charge >= 0.3 is 0 Å². The molecule has 1 aromatic rings. The van der Waals surface area contributed by atoms with E-state index >= 15 is 0 Å². The van der Waals surface area contributed by atoms with Gasteiger partial charge in [0.2, 0.25) is 11.8 Å². The van der Waals surface area contributed by atoms with Crippen LogP contribution in [0.25, 0.3) is 0 Å². The lowest BCUT2D eigenvalue weighted by atomic mass is 9.87. The van der Waals surface area contributed by atoms with Crippen molar-refractivity contribution in [2.75, 3.05) is 26.2 Å². The van der Waals surface area contributed by atoms with E-state index in [0.717, 1.165) is 36.5 Å². The molecule has 3 heterocycles. The minimum atomic E-state index is -0.400. The average molecular weight is 366 g/mol. The summed E-state index contributed by atoms with van der Waals surface area (Å²) < 4.78 is 6.15. The number of aryl methyl sites for hydroxylation is 1. The van der Waals surface area contributed by atoms with Crippen molar-refractivity contribution in [3.05, 3.63) is 16.1 Å². The van der Waals surface area contributed by atoms with E-state index in [1.54, 1.807) is 11.3 Å². The van der Waals surface area contributed by atoms with Crippen molar-refractivity contribution < 1.29 is 14.3 Å². The molecule has 2 amide bonds. The van der Waals surface area contributed by atoms with Crippen LogP contribution in [0.4, 0.5) is 0 Å². The van der Waals surface area contributed by atoms with Crippen molar-refractivity contribution in [3.63, 3.8) is 0 Å². The molecular formula is C17H26N4O3S. The molecule has 1 atom stereocenters. The number of piperidine rings is 1. The predicted octanol–water partition coefficient (Wildman–Crippen LogP) is 0.909. The van der Waals surface area contributed by atoms with Crippen molar-refractivity contribution in [1.29, 1.82) is 0 Å². The topological polar surface area (TPSA) is 88.8 Å². The highest BCUT2D eigenvalue weighted by Crippen LogP contribution is 2.33. The second kappa shape index (κ2) is 7.39. The third-order valence-electron chi connectivity index (χ3n) is 5.44. The van der Waals surface area contributed by atoms with E-state index in [4.69, 9.17) is 10.5 Å². The first-order chi connectivity index (χ1) is 11.9. The van der Waals surface area contributed by atoms with Gasteiger partial charge in [-0.15, -0.1) is 11.3 Å². The predicted molar refractivity (Wildman–Crippen MR) is 95.0 cm³/mol. The summed E-state index contributed by atoms with van der Waals surface area (Å²) in [6.07, 6.45) is 1.91. The van der Waals surface area contributed by atoms with Crippen LogP contribution >= 0.6 is 11.3 Å². The van der Waals surface area contributed by atoms with Crippen LogP contribution in [0.2, 0.25) is 0 Å². The summed E-state index contributed by atoms with van der Waals surface area (Å²) in [7, 11) is 0. The highest BCUT2D eigenvalue weighted by Gasteiger charge is 2.41. The molecule has 138 valence electrons. The van der Waals surface area contributed by atoms with Gasteiger partial charge in [0.1, 0.15) is 0 Å². The highest BCUT2D eigenvalue weighted by molar-refractivity contribution is 7.09. The molecular weight excluding hydrogens is 340 g/mol. The second-order valence-electron chi connectivity index (χ2n) is 7.00. The van der Waals surface area contributed by atoms with Gasteiger partial charge in [-0.2, -0.15) is 0 Å². The maximum atomic E-state index is 12.8. The molecule has 7 nitrogen and oxygen atoms in total.